The van der Waals surface area contributed by atoms with Crippen LogP contribution in [0.1, 0.15) is 0 Å². The first-order valence-electron chi connectivity index (χ1n) is 5.23. The van der Waals surface area contributed by atoms with Crippen LogP contribution in [-0.2, 0) is 4.84 Å². The number of aliphatic hydroxyl groups excluding tert-OH is 1. The number of carbonyl (C=O) groups excluding carboxylic acids is 1. The molecule has 1 saturated heterocycles. The third-order valence-electron chi connectivity index (χ3n) is 2.37. The molecule has 0 aliphatic carbocycles. The molecule has 17 heavy (non-hydrogen) atoms. The highest BCUT2D eigenvalue weighted by molar-refractivity contribution is 5.90. The predicted molar refractivity (Wildman–Crippen MR) is 60.7 cm³/mol. The van der Waals surface area contributed by atoms with Crippen LogP contribution < -0.4 is 10.1 Å². The molecular weight excluding hydrogens is 224 g/mol. The third-order valence-corrected chi connectivity index (χ3v) is 2.37. The molecule has 2 N–H and O–H groups in total. The van der Waals surface area contributed by atoms with Crippen LogP contribution in [-0.4, -0.2) is 42.6 Å². The summed E-state index contributed by atoms with van der Waals surface area (Å²) in [5.74, 6) is 0.570. The van der Waals surface area contributed by atoms with Gasteiger partial charge in [0.25, 0.3) is 0 Å². The number of carbonyl (C=O) groups is 1. The Labute approximate surface area is 98.7 Å². The molecule has 1 aliphatic rings. The van der Waals surface area contributed by atoms with Gasteiger partial charge < -0.3 is 15.2 Å². The number of β-amino-alcohol motifs (C(OH)–C–C–N with tert-alkyl or cyclic N) is 1. The number of hydroxylamine groups is 2. The van der Waals surface area contributed by atoms with E-state index in [4.69, 9.17) is 9.57 Å². The number of ether oxygens (including phenoxy) is 1. The number of urea groups is 1. The molecule has 1 fully saturated rings. The van der Waals surface area contributed by atoms with Gasteiger partial charge in [0, 0.05) is 0 Å². The summed E-state index contributed by atoms with van der Waals surface area (Å²) >= 11 is 0. The molecule has 0 saturated carbocycles. The van der Waals surface area contributed by atoms with E-state index < -0.39 is 12.1 Å². The zero-order chi connectivity index (χ0) is 12.3. The Balaban J connectivity index is 2.03. The minimum atomic E-state index is -0.626. The van der Waals surface area contributed by atoms with E-state index in [1.807, 2.05) is 6.07 Å². The summed E-state index contributed by atoms with van der Waals surface area (Å²) in [7, 11) is 1.53. The van der Waals surface area contributed by atoms with E-state index in [9.17, 15) is 9.90 Å². The summed E-state index contributed by atoms with van der Waals surface area (Å²) in [4.78, 5) is 16.8. The largest absolute Gasteiger partial charge is 0.495 e. The van der Waals surface area contributed by atoms with Crippen molar-refractivity contribution in [3.05, 3.63) is 24.3 Å². The third kappa shape index (κ3) is 2.66. The number of hydrogen-bond acceptors (Lipinski definition) is 4. The highest BCUT2D eigenvalue weighted by Gasteiger charge is 2.26. The van der Waals surface area contributed by atoms with Crippen LogP contribution in [0, 0.1) is 0 Å². The fourth-order valence-corrected chi connectivity index (χ4v) is 1.54. The summed E-state index contributed by atoms with van der Waals surface area (Å²) in [6, 6.07) is 6.65. The Morgan fingerprint density at radius 3 is 3.00 bits per heavy atom. The van der Waals surface area contributed by atoms with Gasteiger partial charge in [0.2, 0.25) is 0 Å². The van der Waals surface area contributed by atoms with Crippen LogP contribution in [0.15, 0.2) is 24.3 Å². The smallest absolute Gasteiger partial charge is 0.345 e. The molecule has 1 aromatic rings. The molecule has 92 valence electrons. The summed E-state index contributed by atoms with van der Waals surface area (Å²) in [6.45, 7) is 0.306. The van der Waals surface area contributed by atoms with Gasteiger partial charge in [0.1, 0.15) is 18.5 Å². The van der Waals surface area contributed by atoms with Crippen molar-refractivity contribution in [3.63, 3.8) is 0 Å². The molecule has 0 aromatic heterocycles. The first kappa shape index (κ1) is 11.7. The standard InChI is InChI=1S/C11H14N2O4/c1-16-10-5-3-2-4-9(10)12-11(15)13-6-8(14)7-17-13/h2-5,8,14H,6-7H2,1H3,(H,12,15)/t8-/m0/s1. The second kappa shape index (κ2) is 5.03. The molecule has 1 heterocycles. The Hall–Kier alpha value is -1.79. The van der Waals surface area contributed by atoms with E-state index >= 15 is 0 Å². The number of hydrogen-bond donors (Lipinski definition) is 2. The lowest BCUT2D eigenvalue weighted by molar-refractivity contribution is -0.0631. The summed E-state index contributed by atoms with van der Waals surface area (Å²) in [6.07, 6.45) is -0.626. The van der Waals surface area contributed by atoms with Crippen LogP contribution in [0.2, 0.25) is 0 Å². The van der Waals surface area contributed by atoms with Crippen molar-refractivity contribution in [1.82, 2.24) is 5.06 Å². The maximum absolute atomic E-state index is 11.8. The molecule has 1 aromatic carbocycles. The van der Waals surface area contributed by atoms with E-state index in [2.05, 4.69) is 5.32 Å². The van der Waals surface area contributed by atoms with Gasteiger partial charge in [-0.15, -0.1) is 0 Å². The Kier molecular flexibility index (Phi) is 3.46. The van der Waals surface area contributed by atoms with Gasteiger partial charge in [-0.25, -0.2) is 9.86 Å². The van der Waals surface area contributed by atoms with Crippen molar-refractivity contribution < 1.29 is 19.5 Å². The fraction of sp³-hybridized carbons (Fsp3) is 0.364. The molecule has 6 nitrogen and oxygen atoms in total. The Morgan fingerprint density at radius 1 is 1.59 bits per heavy atom. The number of benzene rings is 1. The number of aliphatic hydroxyl groups is 1. The SMILES string of the molecule is COc1ccccc1NC(=O)N1C[C@H](O)CO1. The number of methoxy groups -OCH3 is 1. The lowest BCUT2D eigenvalue weighted by Crippen LogP contribution is -2.32. The van der Waals surface area contributed by atoms with Crippen LogP contribution >= 0.6 is 0 Å². The lowest BCUT2D eigenvalue weighted by atomic mass is 10.3. The van der Waals surface area contributed by atoms with Crippen LogP contribution in [0.25, 0.3) is 0 Å². The van der Waals surface area contributed by atoms with Gasteiger partial charge in [-0.05, 0) is 12.1 Å². The van der Waals surface area contributed by atoms with Gasteiger partial charge in [0.15, 0.2) is 0 Å². The molecule has 6 heteroatoms. The molecular formula is C11H14N2O4. The molecule has 2 amide bonds. The van der Waals surface area contributed by atoms with Crippen LogP contribution in [0.5, 0.6) is 5.75 Å². The quantitative estimate of drug-likeness (QED) is 0.800. The maximum atomic E-state index is 11.8. The number of amides is 2. The van der Waals surface area contributed by atoms with Crippen molar-refractivity contribution in [2.24, 2.45) is 0 Å². The first-order chi connectivity index (χ1) is 8.20. The Morgan fingerprint density at radius 2 is 2.35 bits per heavy atom. The molecule has 0 radical (unpaired) electrons. The summed E-state index contributed by atoms with van der Waals surface area (Å²) < 4.78 is 5.11. The highest BCUT2D eigenvalue weighted by atomic mass is 16.7. The van der Waals surface area contributed by atoms with Crippen molar-refractivity contribution in [1.29, 1.82) is 0 Å². The molecule has 0 bridgehead atoms. The molecule has 0 spiro atoms. The Bertz CT molecular complexity index is 410. The fourth-order valence-electron chi connectivity index (χ4n) is 1.54. The molecule has 1 atom stereocenters. The number of nitrogens with one attached hydrogen (secondary N) is 1. The number of nitrogens with zero attached hydrogens (tertiary/aromatic N) is 1. The van der Waals surface area contributed by atoms with Crippen LogP contribution in [0.4, 0.5) is 10.5 Å². The second-order valence-electron chi connectivity index (χ2n) is 3.64. The lowest BCUT2D eigenvalue weighted by Gasteiger charge is -2.16. The summed E-state index contributed by atoms with van der Waals surface area (Å²) in [5, 5.41) is 13.0. The van der Waals surface area contributed by atoms with E-state index in [-0.39, 0.29) is 13.2 Å². The number of anilines is 1. The normalized spacial score (nSPS) is 19.2. The minimum absolute atomic E-state index is 0.138. The second-order valence-corrected chi connectivity index (χ2v) is 3.64. The van der Waals surface area contributed by atoms with Crippen LogP contribution in [0.3, 0.4) is 0 Å². The van der Waals surface area contributed by atoms with Gasteiger partial charge >= 0.3 is 6.03 Å². The summed E-state index contributed by atoms with van der Waals surface area (Å²) in [5.41, 5.74) is 0.560. The number of rotatable bonds is 2. The average molecular weight is 238 g/mol. The monoisotopic (exact) mass is 238 g/mol. The van der Waals surface area contributed by atoms with Gasteiger partial charge in [-0.1, -0.05) is 12.1 Å². The molecule has 2 rings (SSSR count). The van der Waals surface area contributed by atoms with E-state index in [0.717, 1.165) is 5.06 Å². The zero-order valence-corrected chi connectivity index (χ0v) is 9.42. The molecule has 1 aliphatic heterocycles. The van der Waals surface area contributed by atoms with E-state index in [1.54, 1.807) is 18.2 Å². The topological polar surface area (TPSA) is 71.0 Å². The maximum Gasteiger partial charge on any atom is 0.345 e. The molecule has 0 unspecified atom stereocenters. The van der Waals surface area contributed by atoms with Crippen molar-refractivity contribution >= 4 is 11.7 Å². The van der Waals surface area contributed by atoms with E-state index in [0.29, 0.717) is 11.4 Å². The zero-order valence-electron chi connectivity index (χ0n) is 9.42. The van der Waals surface area contributed by atoms with Crippen molar-refractivity contribution in [2.45, 2.75) is 6.10 Å². The van der Waals surface area contributed by atoms with Crippen molar-refractivity contribution in [2.75, 3.05) is 25.6 Å². The predicted octanol–water partition coefficient (Wildman–Crippen LogP) is 0.835. The van der Waals surface area contributed by atoms with E-state index in [1.165, 1.54) is 7.11 Å². The number of para-hydroxylation sites is 2. The first-order valence-corrected chi connectivity index (χ1v) is 5.23. The average Bonchev–Trinajstić information content (AvgIpc) is 2.77. The van der Waals surface area contributed by atoms with Gasteiger partial charge in [-0.3, -0.25) is 4.84 Å². The minimum Gasteiger partial charge on any atom is -0.495 e. The van der Waals surface area contributed by atoms with Gasteiger partial charge in [0.05, 0.1) is 19.3 Å². The highest BCUT2D eigenvalue weighted by Crippen LogP contribution is 2.23. The van der Waals surface area contributed by atoms with Gasteiger partial charge in [-0.2, -0.15) is 0 Å². The van der Waals surface area contributed by atoms with Crippen molar-refractivity contribution in [3.8, 4) is 5.75 Å².